The average molecular weight is 359 g/mol. The fourth-order valence-corrected chi connectivity index (χ4v) is 2.79. The molecule has 0 aliphatic heterocycles. The van der Waals surface area contributed by atoms with Crippen molar-refractivity contribution in [1.82, 2.24) is 5.32 Å². The van der Waals surface area contributed by atoms with Crippen LogP contribution in [0.15, 0.2) is 54.6 Å². The molecule has 0 saturated carbocycles. The van der Waals surface area contributed by atoms with Gasteiger partial charge in [-0.3, -0.25) is 4.79 Å². The Morgan fingerprint density at radius 2 is 1.80 bits per heavy atom. The average Bonchev–Trinajstić information content (AvgIpc) is 2.64. The molecule has 0 heterocycles. The Bertz CT molecular complexity index is 706. The van der Waals surface area contributed by atoms with Gasteiger partial charge in [-0.05, 0) is 30.1 Å². The fourth-order valence-electron chi connectivity index (χ4n) is 2.32. The zero-order valence-electron chi connectivity index (χ0n) is 14.0. The first-order chi connectivity index (χ1) is 12.1. The largest absolute Gasteiger partial charge is 0.483 e. The van der Waals surface area contributed by atoms with Crippen LogP contribution in [0, 0.1) is 0 Å². The molecule has 2 aromatic carbocycles. The Hall–Kier alpha value is -2.47. The van der Waals surface area contributed by atoms with E-state index < -0.39 is 17.9 Å². The molecule has 2 rings (SSSR count). The summed E-state index contributed by atoms with van der Waals surface area (Å²) in [5.74, 6) is -0.238. The molecule has 2 aromatic rings. The zero-order chi connectivity index (χ0) is 18.1. The van der Waals surface area contributed by atoms with Crippen molar-refractivity contribution in [3.05, 3.63) is 54.6 Å². The van der Waals surface area contributed by atoms with Crippen LogP contribution in [-0.4, -0.2) is 41.6 Å². The second-order valence-corrected chi connectivity index (χ2v) is 6.38. The van der Waals surface area contributed by atoms with Gasteiger partial charge in [-0.15, -0.1) is 0 Å². The zero-order valence-corrected chi connectivity index (χ0v) is 14.8. The molecule has 0 radical (unpaired) electrons. The van der Waals surface area contributed by atoms with E-state index in [1.807, 2.05) is 54.8 Å². The van der Waals surface area contributed by atoms with Crippen LogP contribution in [-0.2, 0) is 9.59 Å². The maximum Gasteiger partial charge on any atom is 0.326 e. The van der Waals surface area contributed by atoms with Gasteiger partial charge in [-0.25, -0.2) is 4.79 Å². The maximum atomic E-state index is 12.0. The van der Waals surface area contributed by atoms with Crippen molar-refractivity contribution >= 4 is 23.6 Å². The number of carbonyl (C=O) groups excluding carboxylic acids is 1. The highest BCUT2D eigenvalue weighted by atomic mass is 32.2. The molecule has 1 amide bonds. The van der Waals surface area contributed by atoms with Crippen molar-refractivity contribution in [2.75, 3.05) is 18.6 Å². The van der Waals surface area contributed by atoms with Gasteiger partial charge in [0.25, 0.3) is 5.91 Å². The van der Waals surface area contributed by atoms with Crippen LogP contribution in [0.3, 0.4) is 0 Å². The molecule has 5 nitrogen and oxygen atoms in total. The monoisotopic (exact) mass is 359 g/mol. The lowest BCUT2D eigenvalue weighted by Gasteiger charge is -2.15. The number of rotatable bonds is 9. The lowest BCUT2D eigenvalue weighted by atomic mass is 10.1. The SMILES string of the molecule is CSCCC(NC(=O)COc1ccccc1-c1ccccc1)C(=O)O. The normalized spacial score (nSPS) is 11.6. The molecule has 0 aliphatic rings. The number of thioether (sulfide) groups is 1. The van der Waals surface area contributed by atoms with Crippen LogP contribution in [0.1, 0.15) is 6.42 Å². The Labute approximate surface area is 151 Å². The smallest absolute Gasteiger partial charge is 0.326 e. The molecular formula is C19H21NO4S. The third kappa shape index (κ3) is 5.83. The topological polar surface area (TPSA) is 75.6 Å². The predicted molar refractivity (Wildman–Crippen MR) is 99.9 cm³/mol. The molecule has 0 bridgehead atoms. The third-order valence-electron chi connectivity index (χ3n) is 3.57. The number of hydrogen-bond acceptors (Lipinski definition) is 4. The molecule has 1 unspecified atom stereocenters. The number of carbonyl (C=O) groups is 2. The van der Waals surface area contributed by atoms with Gasteiger partial charge in [0.05, 0.1) is 0 Å². The van der Waals surface area contributed by atoms with Crippen LogP contribution in [0.25, 0.3) is 11.1 Å². The second-order valence-electron chi connectivity index (χ2n) is 5.39. The number of aliphatic carboxylic acids is 1. The molecule has 0 aromatic heterocycles. The molecule has 0 fully saturated rings. The van der Waals surface area contributed by atoms with Crippen molar-refractivity contribution in [3.63, 3.8) is 0 Å². The number of para-hydroxylation sites is 1. The number of benzene rings is 2. The Morgan fingerprint density at radius 3 is 2.48 bits per heavy atom. The first-order valence-electron chi connectivity index (χ1n) is 7.90. The summed E-state index contributed by atoms with van der Waals surface area (Å²) in [7, 11) is 0. The number of carboxylic acid groups (broad SMARTS) is 1. The second kappa shape index (κ2) is 9.74. The minimum Gasteiger partial charge on any atom is -0.483 e. The van der Waals surface area contributed by atoms with Gasteiger partial charge in [0, 0.05) is 5.56 Å². The van der Waals surface area contributed by atoms with Gasteiger partial charge < -0.3 is 15.2 Å². The molecule has 132 valence electrons. The number of hydrogen-bond donors (Lipinski definition) is 2. The van der Waals surface area contributed by atoms with E-state index >= 15 is 0 Å². The summed E-state index contributed by atoms with van der Waals surface area (Å²) in [6.07, 6.45) is 2.27. The Morgan fingerprint density at radius 1 is 1.12 bits per heavy atom. The number of nitrogens with one attached hydrogen (secondary N) is 1. The molecule has 0 aliphatic carbocycles. The molecule has 1 atom stereocenters. The van der Waals surface area contributed by atoms with E-state index in [-0.39, 0.29) is 6.61 Å². The summed E-state index contributed by atoms with van der Waals surface area (Å²) in [5, 5.41) is 11.7. The first kappa shape index (κ1) is 18.9. The fraction of sp³-hybridized carbons (Fsp3) is 0.263. The van der Waals surface area contributed by atoms with Gasteiger partial charge in [-0.1, -0.05) is 48.5 Å². The van der Waals surface area contributed by atoms with Gasteiger partial charge in [0.15, 0.2) is 6.61 Å². The van der Waals surface area contributed by atoms with Gasteiger partial charge in [0.1, 0.15) is 11.8 Å². The van der Waals surface area contributed by atoms with E-state index in [9.17, 15) is 9.59 Å². The molecule has 25 heavy (non-hydrogen) atoms. The van der Waals surface area contributed by atoms with Crippen LogP contribution >= 0.6 is 11.8 Å². The van der Waals surface area contributed by atoms with Crippen LogP contribution in [0.4, 0.5) is 0 Å². The van der Waals surface area contributed by atoms with Crippen molar-refractivity contribution in [1.29, 1.82) is 0 Å². The summed E-state index contributed by atoms with van der Waals surface area (Å²) in [5.41, 5.74) is 1.87. The van der Waals surface area contributed by atoms with Crippen molar-refractivity contribution in [2.45, 2.75) is 12.5 Å². The van der Waals surface area contributed by atoms with E-state index in [1.54, 1.807) is 6.07 Å². The van der Waals surface area contributed by atoms with Gasteiger partial charge in [-0.2, -0.15) is 11.8 Å². The molecule has 0 saturated heterocycles. The summed E-state index contributed by atoms with van der Waals surface area (Å²) in [6, 6.07) is 16.3. The Balaban J connectivity index is 1.99. The minimum atomic E-state index is -1.04. The van der Waals surface area contributed by atoms with E-state index in [4.69, 9.17) is 9.84 Å². The lowest BCUT2D eigenvalue weighted by Crippen LogP contribution is -2.43. The van der Waals surface area contributed by atoms with E-state index in [0.29, 0.717) is 17.9 Å². The van der Waals surface area contributed by atoms with E-state index in [0.717, 1.165) is 11.1 Å². The van der Waals surface area contributed by atoms with E-state index in [2.05, 4.69) is 5.32 Å². The standard InChI is InChI=1S/C19H21NO4S/c1-25-12-11-16(19(22)23)20-18(21)13-24-17-10-6-5-9-15(17)14-7-3-2-4-8-14/h2-10,16H,11-13H2,1H3,(H,20,21)(H,22,23). The third-order valence-corrected chi connectivity index (χ3v) is 4.22. The van der Waals surface area contributed by atoms with Crippen molar-refractivity contribution in [2.24, 2.45) is 0 Å². The summed E-state index contributed by atoms with van der Waals surface area (Å²) in [4.78, 5) is 23.2. The minimum absolute atomic E-state index is 0.229. The first-order valence-corrected chi connectivity index (χ1v) is 9.29. The van der Waals surface area contributed by atoms with E-state index in [1.165, 1.54) is 11.8 Å². The maximum absolute atomic E-state index is 12.0. The lowest BCUT2D eigenvalue weighted by molar-refractivity contribution is -0.142. The number of ether oxygens (including phenoxy) is 1. The number of carboxylic acids is 1. The summed E-state index contributed by atoms with van der Waals surface area (Å²) >= 11 is 1.54. The van der Waals surface area contributed by atoms with Crippen LogP contribution in [0.5, 0.6) is 5.75 Å². The highest BCUT2D eigenvalue weighted by molar-refractivity contribution is 7.98. The van der Waals surface area contributed by atoms with Gasteiger partial charge in [0.2, 0.25) is 0 Å². The highest BCUT2D eigenvalue weighted by Crippen LogP contribution is 2.29. The van der Waals surface area contributed by atoms with Crippen LogP contribution < -0.4 is 10.1 Å². The molecular weight excluding hydrogens is 338 g/mol. The van der Waals surface area contributed by atoms with Crippen molar-refractivity contribution < 1.29 is 19.4 Å². The molecule has 0 spiro atoms. The summed E-state index contributed by atoms with van der Waals surface area (Å²) < 4.78 is 5.63. The highest BCUT2D eigenvalue weighted by Gasteiger charge is 2.19. The van der Waals surface area contributed by atoms with Crippen molar-refractivity contribution in [3.8, 4) is 16.9 Å². The number of amides is 1. The predicted octanol–water partition coefficient (Wildman–Crippen LogP) is 3.05. The quantitative estimate of drug-likeness (QED) is 0.720. The Kier molecular flexibility index (Phi) is 7.35. The van der Waals surface area contributed by atoms with Crippen LogP contribution in [0.2, 0.25) is 0 Å². The van der Waals surface area contributed by atoms with Gasteiger partial charge >= 0.3 is 5.97 Å². The molecule has 6 heteroatoms. The summed E-state index contributed by atoms with van der Waals surface area (Å²) in [6.45, 7) is -0.229. The molecule has 2 N–H and O–H groups in total.